The molecule has 0 saturated carbocycles. The van der Waals surface area contributed by atoms with Crippen molar-refractivity contribution >= 4 is 5.97 Å². The number of nitrogens with one attached hydrogen (secondary N) is 1. The summed E-state index contributed by atoms with van der Waals surface area (Å²) in [5.74, 6) is -2.96. The first-order valence-electron chi connectivity index (χ1n) is 5.44. The summed E-state index contributed by atoms with van der Waals surface area (Å²) in [6.07, 6.45) is 0. The number of hydrogen-bond acceptors (Lipinski definition) is 3. The van der Waals surface area contributed by atoms with Gasteiger partial charge in [-0.1, -0.05) is 6.07 Å². The topological polar surface area (TPSA) is 58.6 Å². The zero-order valence-electron chi connectivity index (χ0n) is 9.74. The first-order chi connectivity index (χ1) is 8.51. The summed E-state index contributed by atoms with van der Waals surface area (Å²) >= 11 is 0. The van der Waals surface area contributed by atoms with Gasteiger partial charge in [0.15, 0.2) is 11.6 Å². The quantitative estimate of drug-likeness (QED) is 0.854. The van der Waals surface area contributed by atoms with Gasteiger partial charge in [0.2, 0.25) is 0 Å². The molecule has 0 bridgehead atoms. The third kappa shape index (κ3) is 1.87. The van der Waals surface area contributed by atoms with Gasteiger partial charge in [-0.15, -0.1) is 0 Å². The SMILES string of the molecule is CNC(c1ccc(F)c(F)c1)C1(C(=O)O)COC1. The number of benzene rings is 1. The standard InChI is InChI=1S/C12H13F2NO3/c1-15-10(12(11(16)17)5-18-6-12)7-2-3-8(13)9(14)4-7/h2-4,10,15H,5-6H2,1H3,(H,16,17). The molecule has 1 fully saturated rings. The predicted octanol–water partition coefficient (Wildman–Crippen LogP) is 1.33. The Morgan fingerprint density at radius 2 is 2.11 bits per heavy atom. The van der Waals surface area contributed by atoms with Crippen LogP contribution in [-0.2, 0) is 9.53 Å². The highest BCUT2D eigenvalue weighted by Gasteiger charge is 2.52. The zero-order valence-corrected chi connectivity index (χ0v) is 9.74. The number of carbonyl (C=O) groups is 1. The molecule has 1 aliphatic heterocycles. The molecule has 18 heavy (non-hydrogen) atoms. The highest BCUT2D eigenvalue weighted by atomic mass is 19.2. The van der Waals surface area contributed by atoms with Crippen molar-refractivity contribution < 1.29 is 23.4 Å². The first kappa shape index (κ1) is 12.9. The Bertz CT molecular complexity index is 474. The van der Waals surface area contributed by atoms with Crippen LogP contribution >= 0.6 is 0 Å². The molecule has 1 saturated heterocycles. The summed E-state index contributed by atoms with van der Waals surface area (Å²) in [4.78, 5) is 11.3. The lowest BCUT2D eigenvalue weighted by Gasteiger charge is -2.43. The van der Waals surface area contributed by atoms with Gasteiger partial charge in [-0.05, 0) is 24.7 Å². The van der Waals surface area contributed by atoms with Gasteiger partial charge in [0.25, 0.3) is 0 Å². The molecule has 0 amide bonds. The van der Waals surface area contributed by atoms with E-state index in [-0.39, 0.29) is 13.2 Å². The summed E-state index contributed by atoms with van der Waals surface area (Å²) in [5, 5.41) is 12.1. The molecule has 0 spiro atoms. The smallest absolute Gasteiger partial charge is 0.316 e. The van der Waals surface area contributed by atoms with Crippen LogP contribution in [0, 0.1) is 17.0 Å². The van der Waals surface area contributed by atoms with E-state index in [2.05, 4.69) is 5.32 Å². The summed E-state index contributed by atoms with van der Waals surface area (Å²) < 4.78 is 31.1. The van der Waals surface area contributed by atoms with E-state index in [9.17, 15) is 18.7 Å². The Hall–Kier alpha value is -1.53. The summed E-state index contributed by atoms with van der Waals surface area (Å²) in [6.45, 7) is 0.0969. The Labute approximate surface area is 103 Å². The molecular formula is C12H13F2NO3. The van der Waals surface area contributed by atoms with Gasteiger partial charge in [0.05, 0.1) is 19.3 Å². The van der Waals surface area contributed by atoms with Gasteiger partial charge < -0.3 is 15.2 Å². The van der Waals surface area contributed by atoms with E-state index in [1.54, 1.807) is 7.05 Å². The largest absolute Gasteiger partial charge is 0.481 e. The molecule has 0 radical (unpaired) electrons. The number of aliphatic carboxylic acids is 1. The predicted molar refractivity (Wildman–Crippen MR) is 59.0 cm³/mol. The molecule has 1 heterocycles. The van der Waals surface area contributed by atoms with E-state index in [1.807, 2.05) is 0 Å². The molecule has 2 N–H and O–H groups in total. The molecule has 6 heteroatoms. The van der Waals surface area contributed by atoms with Crippen molar-refractivity contribution in [2.75, 3.05) is 20.3 Å². The molecule has 1 unspecified atom stereocenters. The molecule has 1 aromatic rings. The Morgan fingerprint density at radius 3 is 2.50 bits per heavy atom. The fourth-order valence-corrected chi connectivity index (χ4v) is 2.19. The van der Waals surface area contributed by atoms with Crippen LogP contribution in [-0.4, -0.2) is 31.3 Å². The second kappa shape index (κ2) is 4.62. The average Bonchev–Trinajstić information content (AvgIpc) is 2.26. The van der Waals surface area contributed by atoms with Crippen LogP contribution in [0.5, 0.6) is 0 Å². The van der Waals surface area contributed by atoms with Gasteiger partial charge in [0.1, 0.15) is 5.41 Å². The molecule has 1 aliphatic rings. The van der Waals surface area contributed by atoms with Crippen molar-refractivity contribution in [1.82, 2.24) is 5.32 Å². The number of rotatable bonds is 4. The van der Waals surface area contributed by atoms with E-state index in [4.69, 9.17) is 4.74 Å². The van der Waals surface area contributed by atoms with Crippen molar-refractivity contribution in [3.05, 3.63) is 35.4 Å². The lowest BCUT2D eigenvalue weighted by molar-refractivity contribution is -0.186. The van der Waals surface area contributed by atoms with Crippen molar-refractivity contribution in [3.8, 4) is 0 Å². The van der Waals surface area contributed by atoms with E-state index in [1.165, 1.54) is 6.07 Å². The lowest BCUT2D eigenvalue weighted by Crippen LogP contribution is -2.56. The van der Waals surface area contributed by atoms with Crippen LogP contribution < -0.4 is 5.32 Å². The fraction of sp³-hybridized carbons (Fsp3) is 0.417. The highest BCUT2D eigenvalue weighted by molar-refractivity contribution is 5.77. The van der Waals surface area contributed by atoms with E-state index in [0.29, 0.717) is 5.56 Å². The maximum absolute atomic E-state index is 13.2. The van der Waals surface area contributed by atoms with Crippen LogP contribution in [0.15, 0.2) is 18.2 Å². The maximum Gasteiger partial charge on any atom is 0.316 e. The van der Waals surface area contributed by atoms with Crippen LogP contribution in [0.2, 0.25) is 0 Å². The maximum atomic E-state index is 13.2. The number of hydrogen-bond donors (Lipinski definition) is 2. The number of carboxylic acid groups (broad SMARTS) is 1. The first-order valence-corrected chi connectivity index (χ1v) is 5.44. The molecule has 1 aromatic carbocycles. The lowest BCUT2D eigenvalue weighted by atomic mass is 9.75. The molecular weight excluding hydrogens is 244 g/mol. The minimum atomic E-state index is -1.13. The van der Waals surface area contributed by atoms with Crippen molar-refractivity contribution in [2.45, 2.75) is 6.04 Å². The van der Waals surface area contributed by atoms with E-state index >= 15 is 0 Å². The summed E-state index contributed by atoms with van der Waals surface area (Å²) in [7, 11) is 1.58. The normalized spacial score (nSPS) is 19.1. The minimum Gasteiger partial charge on any atom is -0.481 e. The third-order valence-electron chi connectivity index (χ3n) is 3.26. The van der Waals surface area contributed by atoms with E-state index in [0.717, 1.165) is 12.1 Å². The Kier molecular flexibility index (Phi) is 3.32. The number of ether oxygens (including phenoxy) is 1. The molecule has 4 nitrogen and oxygen atoms in total. The highest BCUT2D eigenvalue weighted by Crippen LogP contribution is 2.41. The molecule has 98 valence electrons. The van der Waals surface area contributed by atoms with Gasteiger partial charge in [0, 0.05) is 0 Å². The van der Waals surface area contributed by atoms with E-state index < -0.39 is 29.1 Å². The Morgan fingerprint density at radius 1 is 1.44 bits per heavy atom. The van der Waals surface area contributed by atoms with Crippen LogP contribution in [0.3, 0.4) is 0 Å². The van der Waals surface area contributed by atoms with Gasteiger partial charge in [-0.3, -0.25) is 4.79 Å². The second-order valence-electron chi connectivity index (χ2n) is 4.35. The fourth-order valence-electron chi connectivity index (χ4n) is 2.19. The summed E-state index contributed by atoms with van der Waals surface area (Å²) in [6, 6.07) is 2.76. The van der Waals surface area contributed by atoms with Crippen LogP contribution in [0.1, 0.15) is 11.6 Å². The zero-order chi connectivity index (χ0) is 13.3. The monoisotopic (exact) mass is 257 g/mol. The van der Waals surface area contributed by atoms with Crippen molar-refractivity contribution in [1.29, 1.82) is 0 Å². The van der Waals surface area contributed by atoms with Crippen LogP contribution in [0.25, 0.3) is 0 Å². The number of carboxylic acids is 1. The number of halogens is 2. The van der Waals surface area contributed by atoms with Gasteiger partial charge >= 0.3 is 5.97 Å². The minimum absolute atomic E-state index is 0.0484. The summed E-state index contributed by atoms with van der Waals surface area (Å²) in [5.41, 5.74) is -0.735. The van der Waals surface area contributed by atoms with Crippen LogP contribution in [0.4, 0.5) is 8.78 Å². The molecule has 0 aromatic heterocycles. The van der Waals surface area contributed by atoms with Crippen molar-refractivity contribution in [2.24, 2.45) is 5.41 Å². The average molecular weight is 257 g/mol. The van der Waals surface area contributed by atoms with Gasteiger partial charge in [-0.2, -0.15) is 0 Å². The molecule has 1 atom stereocenters. The Balaban J connectivity index is 2.38. The molecule has 0 aliphatic carbocycles. The van der Waals surface area contributed by atoms with Gasteiger partial charge in [-0.25, -0.2) is 8.78 Å². The van der Waals surface area contributed by atoms with Crippen molar-refractivity contribution in [3.63, 3.8) is 0 Å². The second-order valence-corrected chi connectivity index (χ2v) is 4.35. The molecule has 2 rings (SSSR count). The third-order valence-corrected chi connectivity index (χ3v) is 3.26.